The molecule has 0 saturated heterocycles. The van der Waals surface area contributed by atoms with Crippen molar-refractivity contribution < 1.29 is 4.74 Å². The molecule has 2 rings (SSSR count). The topological polar surface area (TPSA) is 72.8 Å². The first-order chi connectivity index (χ1) is 9.49. The fraction of sp³-hybridized carbons (Fsp3) is 0.462. The van der Waals surface area contributed by atoms with Crippen LogP contribution < -0.4 is 10.3 Å². The van der Waals surface area contributed by atoms with E-state index < -0.39 is 0 Å². The molecule has 6 nitrogen and oxygen atoms in total. The van der Waals surface area contributed by atoms with E-state index in [1.165, 1.54) is 0 Å². The Morgan fingerprint density at radius 1 is 1.45 bits per heavy atom. The van der Waals surface area contributed by atoms with Crippen molar-refractivity contribution in [3.05, 3.63) is 26.2 Å². The zero-order valence-corrected chi connectivity index (χ0v) is 13.5. The molecule has 7 heteroatoms. The fourth-order valence-corrected chi connectivity index (χ4v) is 2.56. The predicted octanol–water partition coefficient (Wildman–Crippen LogP) is 2.20. The van der Waals surface area contributed by atoms with E-state index in [9.17, 15) is 4.79 Å². The van der Waals surface area contributed by atoms with Crippen LogP contribution in [0.1, 0.15) is 24.7 Å². The summed E-state index contributed by atoms with van der Waals surface area (Å²) in [6.45, 7) is 3.91. The van der Waals surface area contributed by atoms with Crippen LogP contribution in [0.15, 0.2) is 9.27 Å². The molecule has 108 valence electrons. The van der Waals surface area contributed by atoms with Crippen molar-refractivity contribution in [1.82, 2.24) is 19.7 Å². The number of aromatic amines is 1. The summed E-state index contributed by atoms with van der Waals surface area (Å²) in [5.41, 5.74) is 2.04. The second-order valence-corrected chi connectivity index (χ2v) is 5.31. The van der Waals surface area contributed by atoms with Crippen LogP contribution in [0.3, 0.4) is 0 Å². The summed E-state index contributed by atoms with van der Waals surface area (Å²) in [5.74, 6) is 1.07. The summed E-state index contributed by atoms with van der Waals surface area (Å²) in [6.07, 6.45) is 1.65. The molecule has 0 atom stereocenters. The van der Waals surface area contributed by atoms with Crippen LogP contribution in [0.25, 0.3) is 11.4 Å². The van der Waals surface area contributed by atoms with Gasteiger partial charge in [0.25, 0.3) is 5.56 Å². The fourth-order valence-electron chi connectivity index (χ4n) is 2.17. The number of halogens is 1. The van der Waals surface area contributed by atoms with Gasteiger partial charge in [-0.15, -0.1) is 0 Å². The highest BCUT2D eigenvalue weighted by atomic mass is 79.9. The zero-order valence-electron chi connectivity index (χ0n) is 12.0. The van der Waals surface area contributed by atoms with Gasteiger partial charge < -0.3 is 9.72 Å². The highest BCUT2D eigenvalue weighted by Gasteiger charge is 2.19. The molecule has 0 aromatic carbocycles. The summed E-state index contributed by atoms with van der Waals surface area (Å²) >= 11 is 3.29. The van der Waals surface area contributed by atoms with Crippen LogP contribution in [0.5, 0.6) is 5.88 Å². The van der Waals surface area contributed by atoms with Gasteiger partial charge in [-0.2, -0.15) is 5.10 Å². The third-order valence-corrected chi connectivity index (χ3v) is 3.84. The van der Waals surface area contributed by atoms with Crippen LogP contribution in [0, 0.1) is 6.92 Å². The SMILES string of the molecule is CCCc1nc(-c2c(C)nn(C)c2OC)[nH]c(=O)c1Br. The van der Waals surface area contributed by atoms with E-state index in [4.69, 9.17) is 4.74 Å². The van der Waals surface area contributed by atoms with Crippen molar-refractivity contribution in [3.63, 3.8) is 0 Å². The molecule has 20 heavy (non-hydrogen) atoms. The monoisotopic (exact) mass is 340 g/mol. The molecule has 0 bridgehead atoms. The van der Waals surface area contributed by atoms with E-state index in [-0.39, 0.29) is 5.56 Å². The van der Waals surface area contributed by atoms with Gasteiger partial charge in [0.2, 0.25) is 5.88 Å². The maximum atomic E-state index is 12.0. The van der Waals surface area contributed by atoms with Crippen LogP contribution in [-0.2, 0) is 13.5 Å². The summed E-state index contributed by atoms with van der Waals surface area (Å²) < 4.78 is 7.47. The Hall–Kier alpha value is -1.63. The number of hydrogen-bond donors (Lipinski definition) is 1. The Morgan fingerprint density at radius 3 is 2.75 bits per heavy atom. The Kier molecular flexibility index (Phi) is 4.27. The number of nitrogens with zero attached hydrogens (tertiary/aromatic N) is 3. The van der Waals surface area contributed by atoms with Gasteiger partial charge >= 0.3 is 0 Å². The molecular weight excluding hydrogens is 324 g/mol. The third kappa shape index (κ3) is 2.49. The minimum Gasteiger partial charge on any atom is -0.481 e. The van der Waals surface area contributed by atoms with Crippen LogP contribution in [0.4, 0.5) is 0 Å². The number of nitrogens with one attached hydrogen (secondary N) is 1. The predicted molar refractivity (Wildman–Crippen MR) is 80.0 cm³/mol. The molecule has 0 aliphatic rings. The van der Waals surface area contributed by atoms with Gasteiger partial charge in [0.05, 0.1) is 18.5 Å². The first-order valence-electron chi connectivity index (χ1n) is 6.36. The van der Waals surface area contributed by atoms with Crippen LogP contribution in [0.2, 0.25) is 0 Å². The molecule has 0 saturated carbocycles. The maximum Gasteiger partial charge on any atom is 0.265 e. The first-order valence-corrected chi connectivity index (χ1v) is 7.15. The lowest BCUT2D eigenvalue weighted by molar-refractivity contribution is 0.374. The van der Waals surface area contributed by atoms with Crippen molar-refractivity contribution in [3.8, 4) is 17.3 Å². The van der Waals surface area contributed by atoms with Gasteiger partial charge in [0.15, 0.2) is 0 Å². The Morgan fingerprint density at radius 2 is 2.15 bits per heavy atom. The molecule has 0 aliphatic heterocycles. The van der Waals surface area contributed by atoms with Gasteiger partial charge in [-0.25, -0.2) is 9.67 Å². The number of rotatable bonds is 4. The lowest BCUT2D eigenvalue weighted by Crippen LogP contribution is -2.14. The van der Waals surface area contributed by atoms with Crippen molar-refractivity contribution >= 4 is 15.9 Å². The number of aromatic nitrogens is 4. The first kappa shape index (κ1) is 14.8. The highest BCUT2D eigenvalue weighted by Crippen LogP contribution is 2.30. The van der Waals surface area contributed by atoms with Crippen LogP contribution in [-0.4, -0.2) is 26.9 Å². The summed E-state index contributed by atoms with van der Waals surface area (Å²) in [7, 11) is 3.36. The third-order valence-electron chi connectivity index (χ3n) is 3.02. The molecule has 0 aliphatic carbocycles. The molecule has 0 fully saturated rings. The van der Waals surface area contributed by atoms with E-state index in [2.05, 4.69) is 31.0 Å². The largest absolute Gasteiger partial charge is 0.481 e. The van der Waals surface area contributed by atoms with E-state index in [0.717, 1.165) is 29.8 Å². The quantitative estimate of drug-likeness (QED) is 0.925. The summed E-state index contributed by atoms with van der Waals surface area (Å²) in [5, 5.41) is 4.30. The molecule has 1 N–H and O–H groups in total. The minimum atomic E-state index is -0.191. The molecule has 0 radical (unpaired) electrons. The summed E-state index contributed by atoms with van der Waals surface area (Å²) in [4.78, 5) is 19.3. The van der Waals surface area contributed by atoms with Crippen LogP contribution >= 0.6 is 15.9 Å². The number of aryl methyl sites for hydroxylation is 3. The second-order valence-electron chi connectivity index (χ2n) is 4.52. The number of H-pyrrole nitrogens is 1. The van der Waals surface area contributed by atoms with Gasteiger partial charge in [-0.05, 0) is 29.3 Å². The van der Waals surface area contributed by atoms with Gasteiger partial charge in [0.1, 0.15) is 15.9 Å². The Bertz CT molecular complexity index is 690. The normalized spacial score (nSPS) is 10.8. The highest BCUT2D eigenvalue weighted by molar-refractivity contribution is 9.10. The molecule has 0 amide bonds. The van der Waals surface area contributed by atoms with Gasteiger partial charge in [0, 0.05) is 7.05 Å². The Balaban J connectivity index is 2.67. The van der Waals surface area contributed by atoms with Crippen molar-refractivity contribution in [2.45, 2.75) is 26.7 Å². The second kappa shape index (κ2) is 5.78. The van der Waals surface area contributed by atoms with E-state index in [0.29, 0.717) is 16.2 Å². The standard InChI is InChI=1S/C13H17BrN4O2/c1-5-6-8-10(14)12(19)16-11(15-8)9-7(2)17-18(3)13(9)20-4/h5-6H2,1-4H3,(H,15,16,19). The number of methoxy groups -OCH3 is 1. The van der Waals surface area contributed by atoms with Crippen molar-refractivity contribution in [2.75, 3.05) is 7.11 Å². The molecule has 0 spiro atoms. The lowest BCUT2D eigenvalue weighted by atomic mass is 10.2. The molecule has 0 unspecified atom stereocenters. The van der Waals surface area contributed by atoms with Crippen molar-refractivity contribution in [2.24, 2.45) is 7.05 Å². The van der Waals surface area contributed by atoms with E-state index in [1.807, 2.05) is 13.8 Å². The molecule has 2 heterocycles. The average molecular weight is 341 g/mol. The van der Waals surface area contributed by atoms with E-state index >= 15 is 0 Å². The lowest BCUT2D eigenvalue weighted by Gasteiger charge is -2.07. The summed E-state index contributed by atoms with van der Waals surface area (Å²) in [6, 6.07) is 0. The Labute approximate surface area is 125 Å². The zero-order chi connectivity index (χ0) is 14.9. The number of hydrogen-bond acceptors (Lipinski definition) is 4. The smallest absolute Gasteiger partial charge is 0.265 e. The maximum absolute atomic E-state index is 12.0. The minimum absolute atomic E-state index is 0.191. The molecule has 2 aromatic rings. The van der Waals surface area contributed by atoms with Gasteiger partial charge in [-0.1, -0.05) is 13.3 Å². The number of ether oxygens (including phenoxy) is 1. The van der Waals surface area contributed by atoms with Crippen molar-refractivity contribution in [1.29, 1.82) is 0 Å². The molecule has 2 aromatic heterocycles. The average Bonchev–Trinajstić information content (AvgIpc) is 2.69. The molecular formula is C13H17BrN4O2. The van der Waals surface area contributed by atoms with Gasteiger partial charge in [-0.3, -0.25) is 4.79 Å². The van der Waals surface area contributed by atoms with E-state index in [1.54, 1.807) is 18.8 Å².